The molecular weight excluding hydrogens is 498 g/mol. The van der Waals surface area contributed by atoms with Gasteiger partial charge in [0.2, 0.25) is 0 Å². The molecule has 0 aliphatic rings. The summed E-state index contributed by atoms with van der Waals surface area (Å²) in [6, 6.07) is 22.9. The molecule has 0 spiro atoms. The third-order valence-corrected chi connectivity index (χ3v) is 32.4. The molecule has 1 nitrogen and oxygen atoms in total. The number of benzene rings is 2. The van der Waals surface area contributed by atoms with E-state index in [1.807, 2.05) is 0 Å². The number of unbranched alkanes of at least 4 members (excludes halogenated alkanes) is 4. The molecule has 0 aromatic heterocycles. The van der Waals surface area contributed by atoms with Crippen molar-refractivity contribution in [3.8, 4) is 0 Å². The molecule has 3 heteroatoms. The van der Waals surface area contributed by atoms with Gasteiger partial charge in [-0.3, -0.25) is 0 Å². The molecule has 2 aromatic rings. The van der Waals surface area contributed by atoms with Gasteiger partial charge in [0.05, 0.1) is 0 Å². The molecule has 2 rings (SSSR count). The van der Waals surface area contributed by atoms with Crippen LogP contribution >= 0.6 is 0 Å². The Morgan fingerprint density at radius 2 is 0.871 bits per heavy atom. The van der Waals surface area contributed by atoms with Crippen molar-refractivity contribution < 1.29 is 2.79 Å². The summed E-state index contributed by atoms with van der Waals surface area (Å²) in [6.07, 6.45) is 10.4. The molecule has 0 unspecified atom stereocenters. The minimum atomic E-state index is -2.96. The van der Waals surface area contributed by atoms with Gasteiger partial charge in [-0.15, -0.1) is 0 Å². The number of rotatable bonds is 16. The van der Waals surface area contributed by atoms with Crippen molar-refractivity contribution in [3.05, 3.63) is 60.7 Å². The van der Waals surface area contributed by atoms with E-state index in [0.717, 1.165) is 0 Å². The quantitative estimate of drug-likeness (QED) is 0.196. The van der Waals surface area contributed by atoms with E-state index < -0.39 is 27.2 Å². The zero-order valence-electron chi connectivity index (χ0n) is 20.7. The Balaban J connectivity index is 2.62. The first-order valence-corrected chi connectivity index (χ1v) is 22.7. The standard InChI is InChI=1S/C28H46Ge2O/c1-5-9-23-29(24-10-6-2,25-11-7-3)31-30(26-12-8-4,27-19-15-13-16-20-27)28-21-17-14-18-22-28/h13-22H,5-12,23-26H2,1-4H3. The number of hydrogen-bond donors (Lipinski definition) is 0. The molecule has 172 valence electrons. The van der Waals surface area contributed by atoms with E-state index in [1.54, 1.807) is 8.79 Å². The van der Waals surface area contributed by atoms with E-state index in [9.17, 15) is 0 Å². The second-order valence-corrected chi connectivity index (χ2v) is 27.0. The van der Waals surface area contributed by atoms with Gasteiger partial charge in [0.1, 0.15) is 0 Å². The van der Waals surface area contributed by atoms with Crippen LogP contribution in [0.1, 0.15) is 79.1 Å². The third-order valence-electron chi connectivity index (χ3n) is 6.71. The summed E-state index contributed by atoms with van der Waals surface area (Å²) in [6.45, 7) is 9.40. The Hall–Kier alpha value is -0.514. The molecule has 0 N–H and O–H groups in total. The Labute approximate surface area is 198 Å². The van der Waals surface area contributed by atoms with Crippen molar-refractivity contribution in [2.45, 2.75) is 100 Å². The fraction of sp³-hybridized carbons (Fsp3) is 0.571. The Morgan fingerprint density at radius 3 is 1.23 bits per heavy atom. The summed E-state index contributed by atoms with van der Waals surface area (Å²) in [4.78, 5) is 0. The van der Waals surface area contributed by atoms with Crippen LogP contribution in [0.3, 0.4) is 0 Å². The molecule has 2 aromatic carbocycles. The van der Waals surface area contributed by atoms with Crippen molar-refractivity contribution in [1.29, 1.82) is 0 Å². The first-order valence-electron chi connectivity index (χ1n) is 13.0. The zero-order chi connectivity index (χ0) is 22.4. The van der Waals surface area contributed by atoms with E-state index in [2.05, 4.69) is 88.4 Å². The van der Waals surface area contributed by atoms with Crippen molar-refractivity contribution in [1.82, 2.24) is 0 Å². The van der Waals surface area contributed by atoms with Crippen LogP contribution in [0.4, 0.5) is 0 Å². The second-order valence-electron chi connectivity index (χ2n) is 9.26. The van der Waals surface area contributed by atoms with Gasteiger partial charge in [0, 0.05) is 0 Å². The van der Waals surface area contributed by atoms with Crippen LogP contribution in [0.5, 0.6) is 0 Å². The Kier molecular flexibility index (Phi) is 12.6. The monoisotopic (exact) mass is 546 g/mol. The SMILES string of the molecule is CCC[CH2][Ge]([CH2]CCC)([CH2]CCC)[O][Ge]([CH2]CCC)([c]1ccccc1)[c]1ccccc1. The number of hydrogen-bond acceptors (Lipinski definition) is 1. The maximum atomic E-state index is 7.98. The molecular formula is C28H46Ge2O. The van der Waals surface area contributed by atoms with E-state index in [4.69, 9.17) is 2.79 Å². The summed E-state index contributed by atoms with van der Waals surface area (Å²) in [7, 11) is 0. The van der Waals surface area contributed by atoms with Crippen molar-refractivity contribution in [2.24, 2.45) is 0 Å². The third kappa shape index (κ3) is 7.79. The van der Waals surface area contributed by atoms with Gasteiger partial charge in [-0.2, -0.15) is 0 Å². The average Bonchev–Trinajstić information content (AvgIpc) is 2.83. The fourth-order valence-corrected chi connectivity index (χ4v) is 37.5. The van der Waals surface area contributed by atoms with Crippen LogP contribution in [-0.2, 0) is 2.79 Å². The van der Waals surface area contributed by atoms with Gasteiger partial charge in [-0.25, -0.2) is 0 Å². The molecule has 0 aliphatic heterocycles. The summed E-state index contributed by atoms with van der Waals surface area (Å²) in [5.74, 6) is 0. The Bertz CT molecular complexity index is 640. The zero-order valence-corrected chi connectivity index (χ0v) is 24.9. The predicted octanol–water partition coefficient (Wildman–Crippen LogP) is 7.91. The van der Waals surface area contributed by atoms with Gasteiger partial charge in [0.15, 0.2) is 0 Å². The summed E-state index contributed by atoms with van der Waals surface area (Å²) >= 11 is -5.44. The van der Waals surface area contributed by atoms with Crippen LogP contribution in [0.25, 0.3) is 0 Å². The molecule has 31 heavy (non-hydrogen) atoms. The van der Waals surface area contributed by atoms with Crippen molar-refractivity contribution in [3.63, 3.8) is 0 Å². The minimum absolute atomic E-state index is 1.24. The van der Waals surface area contributed by atoms with E-state index in [-0.39, 0.29) is 0 Å². The van der Waals surface area contributed by atoms with E-state index >= 15 is 0 Å². The van der Waals surface area contributed by atoms with Crippen LogP contribution in [0.15, 0.2) is 60.7 Å². The van der Waals surface area contributed by atoms with Gasteiger partial charge in [-0.1, -0.05) is 0 Å². The molecule has 0 saturated heterocycles. The van der Waals surface area contributed by atoms with Crippen LogP contribution in [0, 0.1) is 0 Å². The molecule has 0 amide bonds. The topological polar surface area (TPSA) is 9.23 Å². The molecule has 0 saturated carbocycles. The normalized spacial score (nSPS) is 12.3. The fourth-order valence-electron chi connectivity index (χ4n) is 4.86. The molecule has 0 radical (unpaired) electrons. The van der Waals surface area contributed by atoms with E-state index in [0.29, 0.717) is 0 Å². The van der Waals surface area contributed by atoms with Crippen LogP contribution in [0.2, 0.25) is 21.0 Å². The summed E-state index contributed by atoms with van der Waals surface area (Å²) < 4.78 is 11.1. The molecule has 0 atom stereocenters. The van der Waals surface area contributed by atoms with Gasteiger partial charge in [0.25, 0.3) is 0 Å². The Morgan fingerprint density at radius 1 is 0.516 bits per heavy atom. The summed E-state index contributed by atoms with van der Waals surface area (Å²) in [5.41, 5.74) is 0. The predicted molar refractivity (Wildman–Crippen MR) is 144 cm³/mol. The van der Waals surface area contributed by atoms with Gasteiger partial charge in [-0.05, 0) is 0 Å². The molecule has 0 bridgehead atoms. The van der Waals surface area contributed by atoms with Crippen molar-refractivity contribution in [2.75, 3.05) is 0 Å². The maximum absolute atomic E-state index is 7.98. The average molecular weight is 544 g/mol. The first kappa shape index (κ1) is 26.7. The van der Waals surface area contributed by atoms with Gasteiger partial charge < -0.3 is 0 Å². The van der Waals surface area contributed by atoms with Crippen LogP contribution < -0.4 is 8.79 Å². The summed E-state index contributed by atoms with van der Waals surface area (Å²) in [5, 5.41) is 5.46. The van der Waals surface area contributed by atoms with Gasteiger partial charge >= 0.3 is 200 Å². The molecule has 0 aliphatic carbocycles. The molecule has 0 heterocycles. The first-order chi connectivity index (χ1) is 15.2. The van der Waals surface area contributed by atoms with Crippen LogP contribution in [-0.4, -0.2) is 27.2 Å². The van der Waals surface area contributed by atoms with Crippen molar-refractivity contribution >= 4 is 36.0 Å². The second kappa shape index (κ2) is 14.6. The molecule has 0 fully saturated rings. The van der Waals surface area contributed by atoms with E-state index in [1.165, 1.54) is 72.4 Å².